The van der Waals surface area contributed by atoms with E-state index in [0.29, 0.717) is 19.6 Å². The van der Waals surface area contributed by atoms with Gasteiger partial charge in [-0.15, -0.1) is 0 Å². The van der Waals surface area contributed by atoms with Crippen molar-refractivity contribution < 1.29 is 4.79 Å². The zero-order chi connectivity index (χ0) is 21.3. The number of nitrogens with one attached hydrogen (secondary N) is 1. The molecule has 0 unspecified atom stereocenters. The molecule has 6 heteroatoms. The van der Waals surface area contributed by atoms with Gasteiger partial charge in [-0.2, -0.15) is 5.10 Å². The molecule has 0 aliphatic carbocycles. The number of hydrogen-bond acceptors (Lipinski definition) is 3. The number of benzene rings is 2. The van der Waals surface area contributed by atoms with Crippen LogP contribution in [-0.4, -0.2) is 38.7 Å². The maximum absolute atomic E-state index is 12.9. The molecule has 0 atom stereocenters. The van der Waals surface area contributed by atoms with E-state index in [9.17, 15) is 9.59 Å². The third kappa shape index (κ3) is 4.22. The highest BCUT2D eigenvalue weighted by Crippen LogP contribution is 2.27. The van der Waals surface area contributed by atoms with Crippen LogP contribution in [0.4, 0.5) is 0 Å². The summed E-state index contributed by atoms with van der Waals surface area (Å²) in [6, 6.07) is 14.2. The van der Waals surface area contributed by atoms with Crippen molar-refractivity contribution in [1.29, 1.82) is 0 Å². The van der Waals surface area contributed by atoms with Crippen molar-refractivity contribution in [2.24, 2.45) is 0 Å². The number of likely N-dealkylation sites (tertiary alicyclic amines) is 1. The molecule has 1 aliphatic rings. The van der Waals surface area contributed by atoms with Crippen LogP contribution < -0.4 is 5.69 Å². The summed E-state index contributed by atoms with van der Waals surface area (Å²) < 4.78 is 1.73. The van der Waals surface area contributed by atoms with E-state index in [-0.39, 0.29) is 17.5 Å². The van der Waals surface area contributed by atoms with Crippen LogP contribution in [0, 0.1) is 20.8 Å². The summed E-state index contributed by atoms with van der Waals surface area (Å²) >= 11 is 0. The number of H-pyrrole nitrogens is 1. The van der Waals surface area contributed by atoms with Gasteiger partial charge < -0.3 is 4.90 Å². The van der Waals surface area contributed by atoms with Gasteiger partial charge >= 0.3 is 5.69 Å². The first kappa shape index (κ1) is 20.1. The van der Waals surface area contributed by atoms with Gasteiger partial charge in [-0.3, -0.25) is 9.36 Å². The zero-order valence-electron chi connectivity index (χ0n) is 17.8. The van der Waals surface area contributed by atoms with Crippen molar-refractivity contribution in [1.82, 2.24) is 19.7 Å². The summed E-state index contributed by atoms with van der Waals surface area (Å²) in [5.41, 5.74) is 5.04. The number of aromatic amines is 1. The van der Waals surface area contributed by atoms with Gasteiger partial charge in [0.1, 0.15) is 5.82 Å². The van der Waals surface area contributed by atoms with Crippen LogP contribution in [0.1, 0.15) is 57.2 Å². The lowest BCUT2D eigenvalue weighted by molar-refractivity contribution is 0.0710. The highest BCUT2D eigenvalue weighted by molar-refractivity contribution is 5.94. The molecule has 1 fully saturated rings. The van der Waals surface area contributed by atoms with Gasteiger partial charge in [-0.1, -0.05) is 47.0 Å². The first-order valence-electron chi connectivity index (χ1n) is 10.5. The highest BCUT2D eigenvalue weighted by atomic mass is 16.2. The van der Waals surface area contributed by atoms with Gasteiger partial charge in [0, 0.05) is 24.6 Å². The number of aryl methyl sites for hydroxylation is 3. The van der Waals surface area contributed by atoms with E-state index >= 15 is 0 Å². The summed E-state index contributed by atoms with van der Waals surface area (Å²) in [6.07, 6.45) is 1.60. The molecule has 1 amide bonds. The lowest BCUT2D eigenvalue weighted by atomic mass is 9.95. The van der Waals surface area contributed by atoms with Gasteiger partial charge in [0.15, 0.2) is 0 Å². The summed E-state index contributed by atoms with van der Waals surface area (Å²) in [5, 5.41) is 6.94. The number of nitrogens with zero attached hydrogens (tertiary/aromatic N) is 3. The first-order valence-corrected chi connectivity index (χ1v) is 10.5. The third-order valence-corrected chi connectivity index (χ3v) is 5.87. The predicted molar refractivity (Wildman–Crippen MR) is 117 cm³/mol. The van der Waals surface area contributed by atoms with Crippen LogP contribution in [-0.2, 0) is 6.54 Å². The Balaban J connectivity index is 1.46. The molecule has 30 heavy (non-hydrogen) atoms. The molecule has 3 aromatic rings. The predicted octanol–water partition coefficient (Wildman–Crippen LogP) is 3.56. The number of rotatable bonds is 4. The maximum atomic E-state index is 12.9. The fourth-order valence-electron chi connectivity index (χ4n) is 4.29. The molecule has 0 saturated carbocycles. The van der Waals surface area contributed by atoms with E-state index < -0.39 is 0 Å². The minimum Gasteiger partial charge on any atom is -0.339 e. The normalized spacial score (nSPS) is 14.8. The maximum Gasteiger partial charge on any atom is 0.343 e. The van der Waals surface area contributed by atoms with Crippen LogP contribution >= 0.6 is 0 Å². The molecule has 2 aromatic carbocycles. The Morgan fingerprint density at radius 2 is 1.63 bits per heavy atom. The number of aromatic nitrogens is 3. The molecular formula is C24H28N4O2. The molecule has 1 aliphatic heterocycles. The second-order valence-electron chi connectivity index (χ2n) is 8.40. The van der Waals surface area contributed by atoms with Gasteiger partial charge in [0.2, 0.25) is 0 Å². The van der Waals surface area contributed by atoms with Gasteiger partial charge in [-0.05, 0) is 51.3 Å². The van der Waals surface area contributed by atoms with E-state index in [4.69, 9.17) is 0 Å². The van der Waals surface area contributed by atoms with Crippen LogP contribution in [0.5, 0.6) is 0 Å². The standard InChI is InChI=1S/C24H28N4O2/c1-16-4-6-19(7-5-16)15-28-22(25-26-24(28)30)20-8-10-27(11-9-20)23(29)21-13-17(2)12-18(3)14-21/h4-7,12-14,20H,8-11,15H2,1-3H3,(H,26,30). The van der Waals surface area contributed by atoms with Crippen molar-refractivity contribution in [3.63, 3.8) is 0 Å². The molecule has 0 bridgehead atoms. The van der Waals surface area contributed by atoms with E-state index in [2.05, 4.69) is 28.4 Å². The van der Waals surface area contributed by atoms with Crippen LogP contribution in [0.2, 0.25) is 0 Å². The average molecular weight is 405 g/mol. The summed E-state index contributed by atoms with van der Waals surface area (Å²) in [7, 11) is 0. The second kappa shape index (κ2) is 8.30. The van der Waals surface area contributed by atoms with Gasteiger partial charge in [0.25, 0.3) is 5.91 Å². The molecule has 0 spiro atoms. The number of carbonyl (C=O) groups excluding carboxylic acids is 1. The van der Waals surface area contributed by atoms with Crippen LogP contribution in [0.3, 0.4) is 0 Å². The second-order valence-corrected chi connectivity index (χ2v) is 8.40. The number of piperidine rings is 1. The Labute approximate surface area is 176 Å². The van der Waals surface area contributed by atoms with Crippen molar-refractivity contribution in [2.75, 3.05) is 13.1 Å². The smallest absolute Gasteiger partial charge is 0.339 e. The number of hydrogen-bond donors (Lipinski definition) is 1. The van der Waals surface area contributed by atoms with Crippen molar-refractivity contribution in [3.8, 4) is 0 Å². The Kier molecular flexibility index (Phi) is 5.57. The minimum absolute atomic E-state index is 0.0827. The Hall–Kier alpha value is -3.15. The topological polar surface area (TPSA) is 71.0 Å². The molecular weight excluding hydrogens is 376 g/mol. The molecule has 2 heterocycles. The van der Waals surface area contributed by atoms with Crippen molar-refractivity contribution in [3.05, 3.63) is 86.6 Å². The molecule has 6 nitrogen and oxygen atoms in total. The molecule has 1 saturated heterocycles. The third-order valence-electron chi connectivity index (χ3n) is 5.87. The molecule has 1 aromatic heterocycles. The fraction of sp³-hybridized carbons (Fsp3) is 0.375. The van der Waals surface area contributed by atoms with Crippen molar-refractivity contribution >= 4 is 5.91 Å². The largest absolute Gasteiger partial charge is 0.343 e. The molecule has 1 N–H and O–H groups in total. The van der Waals surface area contributed by atoms with Crippen molar-refractivity contribution in [2.45, 2.75) is 46.1 Å². The lowest BCUT2D eigenvalue weighted by Crippen LogP contribution is -2.38. The van der Waals surface area contributed by atoms with Gasteiger partial charge in [0.05, 0.1) is 6.54 Å². The Morgan fingerprint density at radius 3 is 2.27 bits per heavy atom. The van der Waals surface area contributed by atoms with E-state index in [1.54, 1.807) is 4.57 Å². The number of carbonyl (C=O) groups is 1. The van der Waals surface area contributed by atoms with Crippen LogP contribution in [0.15, 0.2) is 47.3 Å². The monoisotopic (exact) mass is 404 g/mol. The minimum atomic E-state index is -0.181. The highest BCUT2D eigenvalue weighted by Gasteiger charge is 2.28. The molecule has 156 valence electrons. The lowest BCUT2D eigenvalue weighted by Gasteiger charge is -2.31. The van der Waals surface area contributed by atoms with E-state index in [0.717, 1.165) is 40.9 Å². The molecule has 0 radical (unpaired) electrons. The summed E-state index contributed by atoms with van der Waals surface area (Å²) in [5.74, 6) is 1.04. The molecule has 4 rings (SSSR count). The van der Waals surface area contributed by atoms with Crippen LogP contribution in [0.25, 0.3) is 0 Å². The SMILES string of the molecule is Cc1ccc(Cn2c(C3CCN(C(=O)c4cc(C)cc(C)c4)CC3)n[nH]c2=O)cc1. The average Bonchev–Trinajstić information content (AvgIpc) is 3.09. The fourth-order valence-corrected chi connectivity index (χ4v) is 4.29. The summed E-state index contributed by atoms with van der Waals surface area (Å²) in [6.45, 7) is 7.92. The van der Waals surface area contributed by atoms with Gasteiger partial charge in [-0.25, -0.2) is 9.89 Å². The Bertz CT molecular complexity index is 1080. The number of amides is 1. The quantitative estimate of drug-likeness (QED) is 0.723. The first-order chi connectivity index (χ1) is 14.4. The zero-order valence-corrected chi connectivity index (χ0v) is 17.8. The Morgan fingerprint density at radius 1 is 1.00 bits per heavy atom. The van der Waals surface area contributed by atoms with E-state index in [1.807, 2.05) is 49.9 Å². The van der Waals surface area contributed by atoms with E-state index in [1.165, 1.54) is 5.56 Å². The summed E-state index contributed by atoms with van der Waals surface area (Å²) in [4.78, 5) is 27.2.